The van der Waals surface area contributed by atoms with Crippen LogP contribution in [0.4, 0.5) is 9.52 Å². The number of hydrogen-bond donors (Lipinski definition) is 2. The molecular weight excluding hydrogens is 381 g/mol. The number of thiazole rings is 1. The van der Waals surface area contributed by atoms with Gasteiger partial charge in [-0.2, -0.15) is 0 Å². The lowest BCUT2D eigenvalue weighted by atomic mass is 10.2. The number of aryl methyl sites for hydroxylation is 1. The number of aromatic nitrogens is 1. The highest BCUT2D eigenvalue weighted by Crippen LogP contribution is 2.27. The quantitative estimate of drug-likeness (QED) is 0.818. The van der Waals surface area contributed by atoms with Crippen LogP contribution < -0.4 is 10.0 Å². The van der Waals surface area contributed by atoms with Crippen molar-refractivity contribution in [3.05, 3.63) is 39.1 Å². The van der Waals surface area contributed by atoms with Gasteiger partial charge in [0.05, 0.1) is 0 Å². The van der Waals surface area contributed by atoms with Crippen LogP contribution in [0.25, 0.3) is 0 Å². The number of rotatable bonds is 5. The van der Waals surface area contributed by atoms with E-state index < -0.39 is 20.7 Å². The number of sulfonamides is 1. The SMILES string of the molecule is CNCc1cc(Br)cc(S(=O)(=O)Nc2ncc(C)s2)c1F. The molecule has 0 unspecified atom stereocenters. The van der Waals surface area contributed by atoms with Crippen LogP contribution in [0.15, 0.2) is 27.7 Å². The zero-order valence-electron chi connectivity index (χ0n) is 11.3. The van der Waals surface area contributed by atoms with E-state index in [0.29, 0.717) is 4.47 Å². The second-order valence-corrected chi connectivity index (χ2v) is 8.09. The molecule has 0 aliphatic heterocycles. The number of nitrogens with zero attached hydrogens (tertiary/aromatic N) is 1. The Morgan fingerprint density at radius 2 is 2.14 bits per heavy atom. The molecule has 1 heterocycles. The highest BCUT2D eigenvalue weighted by molar-refractivity contribution is 9.10. The first-order valence-electron chi connectivity index (χ1n) is 5.91. The summed E-state index contributed by atoms with van der Waals surface area (Å²) in [7, 11) is -2.37. The van der Waals surface area contributed by atoms with E-state index in [-0.39, 0.29) is 17.2 Å². The highest BCUT2D eigenvalue weighted by Gasteiger charge is 2.23. The Balaban J connectivity index is 2.44. The predicted molar refractivity (Wildman–Crippen MR) is 84.5 cm³/mol. The molecule has 1 aromatic carbocycles. The molecule has 9 heteroatoms. The minimum atomic E-state index is -4.03. The summed E-state index contributed by atoms with van der Waals surface area (Å²) in [6, 6.07) is 2.77. The molecule has 0 bridgehead atoms. The lowest BCUT2D eigenvalue weighted by Crippen LogP contribution is -2.17. The average molecular weight is 394 g/mol. The maximum atomic E-state index is 14.3. The lowest BCUT2D eigenvalue weighted by molar-refractivity contribution is 0.555. The zero-order valence-corrected chi connectivity index (χ0v) is 14.5. The van der Waals surface area contributed by atoms with E-state index >= 15 is 0 Å². The fourth-order valence-corrected chi connectivity index (χ4v) is 4.41. The molecule has 0 amide bonds. The zero-order chi connectivity index (χ0) is 15.6. The summed E-state index contributed by atoms with van der Waals surface area (Å²) in [4.78, 5) is 4.37. The van der Waals surface area contributed by atoms with Crippen molar-refractivity contribution in [3.63, 3.8) is 0 Å². The molecule has 2 aromatic rings. The number of hydrogen-bond acceptors (Lipinski definition) is 5. The van der Waals surface area contributed by atoms with Gasteiger partial charge in [-0.3, -0.25) is 4.72 Å². The Bertz CT molecular complexity index is 762. The Morgan fingerprint density at radius 3 is 2.71 bits per heavy atom. The van der Waals surface area contributed by atoms with Gasteiger partial charge in [-0.15, -0.1) is 11.3 Å². The van der Waals surface area contributed by atoms with Crippen LogP contribution in [0.5, 0.6) is 0 Å². The molecule has 0 saturated carbocycles. The standard InChI is InChI=1S/C12H13BrFN3O2S2/c1-7-5-16-12(20-7)17-21(18,19)10-4-9(13)3-8(6-15-2)11(10)14/h3-5,15H,6H2,1-2H3,(H,16,17). The van der Waals surface area contributed by atoms with Crippen LogP contribution in [0.3, 0.4) is 0 Å². The molecule has 21 heavy (non-hydrogen) atoms. The van der Waals surface area contributed by atoms with Gasteiger partial charge in [0.1, 0.15) is 10.7 Å². The summed E-state index contributed by atoms with van der Waals surface area (Å²) in [6.45, 7) is 2.03. The van der Waals surface area contributed by atoms with Crippen molar-refractivity contribution in [1.29, 1.82) is 0 Å². The Hall–Kier alpha value is -1.03. The maximum Gasteiger partial charge on any atom is 0.266 e. The van der Waals surface area contributed by atoms with Crippen LogP contribution in [0.2, 0.25) is 0 Å². The fraction of sp³-hybridized carbons (Fsp3) is 0.250. The van der Waals surface area contributed by atoms with Crippen molar-refractivity contribution in [1.82, 2.24) is 10.3 Å². The first kappa shape index (κ1) is 16.3. The Morgan fingerprint density at radius 1 is 1.43 bits per heavy atom. The Kier molecular flexibility index (Phi) is 4.97. The van der Waals surface area contributed by atoms with Gasteiger partial charge >= 0.3 is 0 Å². The van der Waals surface area contributed by atoms with Crippen molar-refractivity contribution in [2.75, 3.05) is 11.8 Å². The van der Waals surface area contributed by atoms with Crippen molar-refractivity contribution in [3.8, 4) is 0 Å². The fourth-order valence-electron chi connectivity index (χ4n) is 1.70. The molecule has 0 fully saturated rings. The third-order valence-electron chi connectivity index (χ3n) is 2.58. The van der Waals surface area contributed by atoms with E-state index in [1.54, 1.807) is 26.2 Å². The van der Waals surface area contributed by atoms with Crippen molar-refractivity contribution in [2.45, 2.75) is 18.4 Å². The van der Waals surface area contributed by atoms with Crippen LogP contribution >= 0.6 is 27.3 Å². The second kappa shape index (κ2) is 6.39. The largest absolute Gasteiger partial charge is 0.316 e. The van der Waals surface area contributed by atoms with Gasteiger partial charge in [0.2, 0.25) is 0 Å². The first-order chi connectivity index (χ1) is 9.83. The number of nitrogens with one attached hydrogen (secondary N) is 2. The summed E-state index contributed by atoms with van der Waals surface area (Å²) < 4.78 is 41.8. The summed E-state index contributed by atoms with van der Waals surface area (Å²) in [5.41, 5.74) is 0.266. The maximum absolute atomic E-state index is 14.3. The van der Waals surface area contributed by atoms with Crippen molar-refractivity contribution >= 4 is 42.4 Å². The van der Waals surface area contributed by atoms with Gasteiger partial charge in [-0.05, 0) is 26.1 Å². The van der Waals surface area contributed by atoms with E-state index in [9.17, 15) is 12.8 Å². The van der Waals surface area contributed by atoms with Crippen molar-refractivity contribution in [2.24, 2.45) is 0 Å². The number of benzene rings is 1. The van der Waals surface area contributed by atoms with Crippen LogP contribution in [-0.4, -0.2) is 20.4 Å². The summed E-state index contributed by atoms with van der Waals surface area (Å²) in [5, 5.41) is 3.01. The van der Waals surface area contributed by atoms with Crippen molar-refractivity contribution < 1.29 is 12.8 Å². The molecule has 1 aromatic heterocycles. The van der Waals surface area contributed by atoms with Gasteiger partial charge in [0, 0.05) is 27.7 Å². The highest BCUT2D eigenvalue weighted by atomic mass is 79.9. The molecule has 2 rings (SSSR count). The molecule has 5 nitrogen and oxygen atoms in total. The van der Waals surface area contributed by atoms with Gasteiger partial charge in [-0.1, -0.05) is 15.9 Å². The van der Waals surface area contributed by atoms with Crippen LogP contribution in [0.1, 0.15) is 10.4 Å². The van der Waals surface area contributed by atoms with E-state index in [4.69, 9.17) is 0 Å². The van der Waals surface area contributed by atoms with Gasteiger partial charge in [0.25, 0.3) is 10.0 Å². The molecule has 0 spiro atoms. The van der Waals surface area contributed by atoms with E-state index in [2.05, 4.69) is 31.0 Å². The number of halogens is 2. The summed E-state index contributed by atoms with van der Waals surface area (Å²) in [6.07, 6.45) is 1.55. The lowest BCUT2D eigenvalue weighted by Gasteiger charge is -2.10. The van der Waals surface area contributed by atoms with Gasteiger partial charge in [-0.25, -0.2) is 17.8 Å². The summed E-state index contributed by atoms with van der Waals surface area (Å²) in [5.74, 6) is -0.770. The monoisotopic (exact) mass is 393 g/mol. The molecular formula is C12H13BrFN3O2S2. The third-order valence-corrected chi connectivity index (χ3v) is 5.33. The van der Waals surface area contributed by atoms with Crippen LogP contribution in [-0.2, 0) is 16.6 Å². The second-order valence-electron chi connectivity index (χ2n) is 4.29. The molecule has 0 atom stereocenters. The minimum Gasteiger partial charge on any atom is -0.316 e. The van der Waals surface area contributed by atoms with E-state index in [0.717, 1.165) is 4.88 Å². The molecule has 0 saturated heterocycles. The topological polar surface area (TPSA) is 71.1 Å². The average Bonchev–Trinajstić information content (AvgIpc) is 2.78. The third kappa shape index (κ3) is 3.79. The Labute approximate surface area is 134 Å². The van der Waals surface area contributed by atoms with Crippen LogP contribution in [0, 0.1) is 12.7 Å². The molecule has 114 valence electrons. The normalized spacial score (nSPS) is 11.6. The molecule has 0 aliphatic rings. The first-order valence-corrected chi connectivity index (χ1v) is 9.00. The molecule has 0 aliphatic carbocycles. The van der Waals surface area contributed by atoms with Gasteiger partial charge in [0.15, 0.2) is 5.13 Å². The summed E-state index contributed by atoms with van der Waals surface area (Å²) >= 11 is 4.39. The predicted octanol–water partition coefficient (Wildman–Crippen LogP) is 2.87. The molecule has 2 N–H and O–H groups in total. The minimum absolute atomic E-state index is 0.210. The van der Waals surface area contributed by atoms with Gasteiger partial charge < -0.3 is 5.32 Å². The molecule has 0 radical (unpaired) electrons. The smallest absolute Gasteiger partial charge is 0.266 e. The van der Waals surface area contributed by atoms with E-state index in [1.165, 1.54) is 17.4 Å². The number of anilines is 1. The van der Waals surface area contributed by atoms with E-state index in [1.807, 2.05) is 0 Å².